The van der Waals surface area contributed by atoms with Gasteiger partial charge in [0.25, 0.3) is 0 Å². The molecule has 0 radical (unpaired) electrons. The fourth-order valence-corrected chi connectivity index (χ4v) is 2.56. The van der Waals surface area contributed by atoms with E-state index in [1.54, 1.807) is 0 Å². The van der Waals surface area contributed by atoms with Crippen LogP contribution in [0, 0.1) is 0 Å². The van der Waals surface area contributed by atoms with E-state index in [-0.39, 0.29) is 11.9 Å². The molecule has 0 saturated carbocycles. The molecule has 0 aromatic heterocycles. The highest BCUT2D eigenvalue weighted by atomic mass is 16.5. The molecule has 1 fully saturated rings. The van der Waals surface area contributed by atoms with Crippen LogP contribution in [-0.2, 0) is 4.74 Å². The van der Waals surface area contributed by atoms with Gasteiger partial charge in [0.2, 0.25) is 0 Å². The van der Waals surface area contributed by atoms with E-state index >= 15 is 0 Å². The Labute approximate surface area is 107 Å². The molecule has 0 spiro atoms. The second-order valence-electron chi connectivity index (χ2n) is 4.75. The maximum absolute atomic E-state index is 12.5. The molecule has 1 saturated heterocycles. The van der Waals surface area contributed by atoms with Crippen LogP contribution in [0.1, 0.15) is 29.6 Å². The number of Topliss-reactive ketones (excluding diaryl/α,β-unsaturated/α-hetero) is 1. The summed E-state index contributed by atoms with van der Waals surface area (Å²) in [5.41, 5.74) is 0.792. The molecule has 0 bridgehead atoms. The van der Waals surface area contributed by atoms with Crippen LogP contribution in [0.5, 0.6) is 0 Å². The van der Waals surface area contributed by atoms with Gasteiger partial charge < -0.3 is 4.74 Å². The number of carbonyl (C=O) groups excluding carboxylic acids is 1. The molecule has 2 aromatic rings. The van der Waals surface area contributed by atoms with Crippen LogP contribution in [-0.4, -0.2) is 18.5 Å². The number of carbonyl (C=O) groups is 1. The maximum atomic E-state index is 12.5. The van der Waals surface area contributed by atoms with Crippen molar-refractivity contribution in [3.8, 4) is 0 Å². The first-order valence-corrected chi connectivity index (χ1v) is 6.50. The van der Waals surface area contributed by atoms with Gasteiger partial charge in [0.15, 0.2) is 5.78 Å². The number of benzene rings is 2. The van der Waals surface area contributed by atoms with Crippen LogP contribution in [0.25, 0.3) is 10.8 Å². The zero-order valence-corrected chi connectivity index (χ0v) is 10.3. The Kier molecular flexibility index (Phi) is 3.11. The van der Waals surface area contributed by atoms with Crippen molar-refractivity contribution in [3.05, 3.63) is 48.0 Å². The van der Waals surface area contributed by atoms with Gasteiger partial charge in [0.1, 0.15) is 6.10 Å². The predicted octanol–water partition coefficient (Wildman–Crippen LogP) is 3.59. The van der Waals surface area contributed by atoms with Crippen LogP contribution < -0.4 is 0 Å². The van der Waals surface area contributed by atoms with Gasteiger partial charge in [0.05, 0.1) is 0 Å². The molecule has 1 heterocycles. The smallest absolute Gasteiger partial charge is 0.192 e. The summed E-state index contributed by atoms with van der Waals surface area (Å²) in [7, 11) is 0. The predicted molar refractivity (Wildman–Crippen MR) is 71.9 cm³/mol. The molecular weight excluding hydrogens is 224 g/mol. The molecule has 3 rings (SSSR count). The first-order valence-electron chi connectivity index (χ1n) is 6.50. The fourth-order valence-electron chi connectivity index (χ4n) is 2.56. The zero-order valence-electron chi connectivity index (χ0n) is 10.3. The number of fused-ring (bicyclic) bond motifs is 1. The third-order valence-electron chi connectivity index (χ3n) is 3.53. The molecule has 2 heteroatoms. The summed E-state index contributed by atoms with van der Waals surface area (Å²) in [4.78, 5) is 12.5. The van der Waals surface area contributed by atoms with Gasteiger partial charge >= 0.3 is 0 Å². The van der Waals surface area contributed by atoms with Crippen LogP contribution in [0.3, 0.4) is 0 Å². The lowest BCUT2D eigenvalue weighted by molar-refractivity contribution is 0.0188. The molecule has 18 heavy (non-hydrogen) atoms. The van der Waals surface area contributed by atoms with Crippen molar-refractivity contribution in [1.82, 2.24) is 0 Å². The fraction of sp³-hybridized carbons (Fsp3) is 0.312. The number of ether oxygens (including phenoxy) is 1. The Bertz CT molecular complexity index is 563. The monoisotopic (exact) mass is 240 g/mol. The van der Waals surface area contributed by atoms with E-state index in [0.717, 1.165) is 35.6 Å². The second-order valence-corrected chi connectivity index (χ2v) is 4.75. The summed E-state index contributed by atoms with van der Waals surface area (Å²) in [6.07, 6.45) is 2.76. The van der Waals surface area contributed by atoms with E-state index in [9.17, 15) is 4.79 Å². The molecule has 1 aliphatic heterocycles. The van der Waals surface area contributed by atoms with Crippen molar-refractivity contribution >= 4 is 16.6 Å². The van der Waals surface area contributed by atoms with Gasteiger partial charge in [-0.1, -0.05) is 42.5 Å². The molecule has 1 unspecified atom stereocenters. The van der Waals surface area contributed by atoms with Gasteiger partial charge in [-0.25, -0.2) is 0 Å². The highest BCUT2D eigenvalue weighted by Crippen LogP contribution is 2.23. The molecule has 2 nitrogen and oxygen atoms in total. The molecule has 2 aromatic carbocycles. The molecule has 1 atom stereocenters. The van der Waals surface area contributed by atoms with Crippen molar-refractivity contribution < 1.29 is 9.53 Å². The Morgan fingerprint density at radius 3 is 2.72 bits per heavy atom. The minimum absolute atomic E-state index is 0.131. The molecule has 0 N–H and O–H groups in total. The lowest BCUT2D eigenvalue weighted by Crippen LogP contribution is -2.28. The average molecular weight is 240 g/mol. The molecule has 92 valence electrons. The summed E-state index contributed by atoms with van der Waals surface area (Å²) in [5.74, 6) is 0.131. The Morgan fingerprint density at radius 1 is 1.06 bits per heavy atom. The highest BCUT2D eigenvalue weighted by Gasteiger charge is 2.24. The van der Waals surface area contributed by atoms with Crippen LogP contribution in [0.4, 0.5) is 0 Å². The summed E-state index contributed by atoms with van der Waals surface area (Å²) >= 11 is 0. The van der Waals surface area contributed by atoms with Crippen molar-refractivity contribution in [1.29, 1.82) is 0 Å². The highest BCUT2D eigenvalue weighted by molar-refractivity contribution is 6.10. The Balaban J connectivity index is 2.00. The van der Waals surface area contributed by atoms with E-state index in [1.165, 1.54) is 0 Å². The van der Waals surface area contributed by atoms with Gasteiger partial charge in [-0.05, 0) is 30.0 Å². The minimum Gasteiger partial charge on any atom is -0.370 e. The van der Waals surface area contributed by atoms with Crippen molar-refractivity contribution in [2.45, 2.75) is 25.4 Å². The average Bonchev–Trinajstić information content (AvgIpc) is 2.47. The Hall–Kier alpha value is -1.67. The lowest BCUT2D eigenvalue weighted by atomic mass is 9.95. The van der Waals surface area contributed by atoms with E-state index in [2.05, 4.69) is 0 Å². The van der Waals surface area contributed by atoms with Gasteiger partial charge in [-0.15, -0.1) is 0 Å². The van der Waals surface area contributed by atoms with Gasteiger partial charge in [-0.3, -0.25) is 4.79 Å². The molecule has 1 aliphatic rings. The standard InChI is InChI=1S/C16H16O2/c17-16(15-10-3-4-11-18-15)14-9-5-7-12-6-1-2-8-13(12)14/h1-2,5-9,15H,3-4,10-11H2. The first-order chi connectivity index (χ1) is 8.86. The first kappa shape index (κ1) is 11.4. The third kappa shape index (κ3) is 2.04. The number of hydrogen-bond acceptors (Lipinski definition) is 2. The SMILES string of the molecule is O=C(c1cccc2ccccc12)C1CCCCO1. The largest absolute Gasteiger partial charge is 0.370 e. The zero-order chi connectivity index (χ0) is 12.4. The van der Waals surface area contributed by atoms with Crippen LogP contribution in [0.2, 0.25) is 0 Å². The quantitative estimate of drug-likeness (QED) is 0.750. The number of hydrogen-bond donors (Lipinski definition) is 0. The third-order valence-corrected chi connectivity index (χ3v) is 3.53. The van der Waals surface area contributed by atoms with Crippen LogP contribution in [0.15, 0.2) is 42.5 Å². The summed E-state index contributed by atoms with van der Waals surface area (Å²) < 4.78 is 5.59. The molecular formula is C16H16O2. The summed E-state index contributed by atoms with van der Waals surface area (Å²) in [5, 5.41) is 2.14. The van der Waals surface area contributed by atoms with Gasteiger partial charge in [-0.2, -0.15) is 0 Å². The topological polar surface area (TPSA) is 26.3 Å². The van der Waals surface area contributed by atoms with Crippen molar-refractivity contribution in [3.63, 3.8) is 0 Å². The van der Waals surface area contributed by atoms with E-state index in [0.29, 0.717) is 6.61 Å². The lowest BCUT2D eigenvalue weighted by Gasteiger charge is -2.21. The number of rotatable bonds is 2. The second kappa shape index (κ2) is 4.91. The molecule has 0 aliphatic carbocycles. The summed E-state index contributed by atoms with van der Waals surface area (Å²) in [6, 6.07) is 13.9. The van der Waals surface area contributed by atoms with E-state index in [4.69, 9.17) is 4.74 Å². The number of ketones is 1. The van der Waals surface area contributed by atoms with Crippen molar-refractivity contribution in [2.24, 2.45) is 0 Å². The molecule has 0 amide bonds. The van der Waals surface area contributed by atoms with Crippen LogP contribution >= 0.6 is 0 Å². The minimum atomic E-state index is -0.246. The summed E-state index contributed by atoms with van der Waals surface area (Å²) in [6.45, 7) is 0.709. The van der Waals surface area contributed by atoms with Crippen molar-refractivity contribution in [2.75, 3.05) is 6.61 Å². The normalized spacial score (nSPS) is 19.9. The maximum Gasteiger partial charge on any atom is 0.192 e. The van der Waals surface area contributed by atoms with Gasteiger partial charge in [0, 0.05) is 12.2 Å². The van der Waals surface area contributed by atoms with E-state index < -0.39 is 0 Å². The Morgan fingerprint density at radius 2 is 1.89 bits per heavy atom. The van der Waals surface area contributed by atoms with E-state index in [1.807, 2.05) is 42.5 Å².